The van der Waals surface area contributed by atoms with Crippen molar-refractivity contribution in [3.8, 4) is 6.07 Å². The van der Waals surface area contributed by atoms with E-state index >= 15 is 0 Å². The van der Waals surface area contributed by atoms with Crippen LogP contribution < -0.4 is 10.5 Å². The van der Waals surface area contributed by atoms with Crippen LogP contribution in [0.3, 0.4) is 0 Å². The number of nitrogens with one attached hydrogen (secondary N) is 1. The van der Waals surface area contributed by atoms with Crippen molar-refractivity contribution >= 4 is 33.0 Å². The molecule has 0 aliphatic carbocycles. The number of anilines is 2. The van der Waals surface area contributed by atoms with Crippen molar-refractivity contribution in [1.29, 1.82) is 5.26 Å². The minimum atomic E-state index is -3.82. The van der Waals surface area contributed by atoms with Gasteiger partial charge in [0.05, 0.1) is 11.4 Å². The summed E-state index contributed by atoms with van der Waals surface area (Å²) in [4.78, 5) is 3.64. The largest absolute Gasteiger partial charge is 0.397 e. The molecule has 1 heterocycles. The molecule has 0 aliphatic rings. The van der Waals surface area contributed by atoms with Crippen LogP contribution in [-0.4, -0.2) is 13.4 Å². The van der Waals surface area contributed by atoms with Gasteiger partial charge in [-0.25, -0.2) is 13.4 Å². The second kappa shape index (κ2) is 5.36. The summed E-state index contributed by atoms with van der Waals surface area (Å²) >= 11 is 5.74. The Hall–Kier alpha value is -2.30. The zero-order valence-corrected chi connectivity index (χ0v) is 11.6. The third kappa shape index (κ3) is 2.99. The standard InChI is InChI=1S/C12H9ClN4O2S/c13-8-1-4-12(11(15)5-8)17-20(18,19)10-3-2-9(6-14)16-7-10/h1-5,7,17H,15H2. The van der Waals surface area contributed by atoms with Gasteiger partial charge < -0.3 is 5.73 Å². The molecule has 0 bridgehead atoms. The van der Waals surface area contributed by atoms with E-state index in [2.05, 4.69) is 9.71 Å². The molecule has 0 radical (unpaired) electrons. The molecule has 8 heteroatoms. The summed E-state index contributed by atoms with van der Waals surface area (Å²) in [6.45, 7) is 0. The summed E-state index contributed by atoms with van der Waals surface area (Å²) < 4.78 is 26.6. The average molecular weight is 309 g/mol. The van der Waals surface area contributed by atoms with E-state index in [1.165, 1.54) is 30.3 Å². The van der Waals surface area contributed by atoms with Gasteiger partial charge in [0.1, 0.15) is 16.7 Å². The fourth-order valence-electron chi connectivity index (χ4n) is 1.44. The maximum Gasteiger partial charge on any atom is 0.263 e. The second-order valence-corrected chi connectivity index (χ2v) is 5.95. The van der Waals surface area contributed by atoms with E-state index in [1.54, 1.807) is 0 Å². The lowest BCUT2D eigenvalue weighted by atomic mass is 10.3. The fraction of sp³-hybridized carbons (Fsp3) is 0. The van der Waals surface area contributed by atoms with E-state index in [1.807, 2.05) is 6.07 Å². The van der Waals surface area contributed by atoms with Gasteiger partial charge in [-0.3, -0.25) is 4.72 Å². The Morgan fingerprint density at radius 3 is 2.60 bits per heavy atom. The van der Waals surface area contributed by atoms with Crippen molar-refractivity contribution in [1.82, 2.24) is 4.98 Å². The highest BCUT2D eigenvalue weighted by molar-refractivity contribution is 7.92. The van der Waals surface area contributed by atoms with Crippen molar-refractivity contribution in [2.24, 2.45) is 0 Å². The lowest BCUT2D eigenvalue weighted by Gasteiger charge is -2.10. The lowest BCUT2D eigenvalue weighted by Crippen LogP contribution is -2.14. The maximum atomic E-state index is 12.1. The smallest absolute Gasteiger partial charge is 0.263 e. The van der Waals surface area contributed by atoms with Crippen LogP contribution in [0.1, 0.15) is 5.69 Å². The van der Waals surface area contributed by atoms with Crippen LogP contribution >= 0.6 is 11.6 Å². The van der Waals surface area contributed by atoms with Crippen molar-refractivity contribution < 1.29 is 8.42 Å². The van der Waals surface area contributed by atoms with E-state index in [9.17, 15) is 8.42 Å². The van der Waals surface area contributed by atoms with Crippen LogP contribution in [0.5, 0.6) is 0 Å². The van der Waals surface area contributed by atoms with Crippen LogP contribution in [0.2, 0.25) is 5.02 Å². The quantitative estimate of drug-likeness (QED) is 0.843. The second-order valence-electron chi connectivity index (χ2n) is 3.83. The zero-order valence-electron chi connectivity index (χ0n) is 10.0. The number of hydrogen-bond donors (Lipinski definition) is 2. The van der Waals surface area contributed by atoms with Crippen molar-refractivity contribution in [3.63, 3.8) is 0 Å². The third-order valence-electron chi connectivity index (χ3n) is 2.42. The number of rotatable bonds is 3. The molecule has 0 aliphatic heterocycles. The first kappa shape index (κ1) is 14.1. The van der Waals surface area contributed by atoms with Crippen LogP contribution in [-0.2, 0) is 10.0 Å². The molecule has 3 N–H and O–H groups in total. The van der Waals surface area contributed by atoms with Crippen molar-refractivity contribution in [3.05, 3.63) is 47.2 Å². The SMILES string of the molecule is N#Cc1ccc(S(=O)(=O)Nc2ccc(Cl)cc2N)cn1. The number of nitrogens with zero attached hydrogens (tertiary/aromatic N) is 2. The topological polar surface area (TPSA) is 109 Å². The molecule has 2 aromatic rings. The van der Waals surface area contributed by atoms with E-state index in [4.69, 9.17) is 22.6 Å². The predicted molar refractivity (Wildman–Crippen MR) is 75.6 cm³/mol. The Morgan fingerprint density at radius 2 is 2.05 bits per heavy atom. The van der Waals surface area contributed by atoms with E-state index in [-0.39, 0.29) is 22.0 Å². The van der Waals surface area contributed by atoms with E-state index in [0.29, 0.717) is 5.02 Å². The number of benzene rings is 1. The van der Waals surface area contributed by atoms with Gasteiger partial charge in [0, 0.05) is 11.2 Å². The zero-order chi connectivity index (χ0) is 14.8. The summed E-state index contributed by atoms with van der Waals surface area (Å²) in [5, 5.41) is 9.03. The average Bonchev–Trinajstić information content (AvgIpc) is 2.42. The van der Waals surface area contributed by atoms with Gasteiger partial charge in [-0.2, -0.15) is 5.26 Å². The van der Waals surface area contributed by atoms with E-state index in [0.717, 1.165) is 6.20 Å². The molecule has 2 rings (SSSR count). The normalized spacial score (nSPS) is 10.8. The van der Waals surface area contributed by atoms with Crippen LogP contribution in [0.15, 0.2) is 41.4 Å². The van der Waals surface area contributed by atoms with Gasteiger partial charge in [0.25, 0.3) is 10.0 Å². The Morgan fingerprint density at radius 1 is 1.30 bits per heavy atom. The van der Waals surface area contributed by atoms with Crippen LogP contribution in [0.4, 0.5) is 11.4 Å². The Kier molecular flexibility index (Phi) is 3.79. The van der Waals surface area contributed by atoms with Gasteiger partial charge in [0.15, 0.2) is 0 Å². The summed E-state index contributed by atoms with van der Waals surface area (Å²) in [6.07, 6.45) is 1.10. The maximum absolute atomic E-state index is 12.1. The molecule has 0 spiro atoms. The summed E-state index contributed by atoms with van der Waals surface area (Å²) in [5.74, 6) is 0. The van der Waals surface area contributed by atoms with Gasteiger partial charge >= 0.3 is 0 Å². The van der Waals surface area contributed by atoms with Crippen LogP contribution in [0, 0.1) is 11.3 Å². The Bertz CT molecular complexity index is 782. The molecule has 1 aromatic heterocycles. The summed E-state index contributed by atoms with van der Waals surface area (Å²) in [7, 11) is -3.82. The minimum Gasteiger partial charge on any atom is -0.397 e. The highest BCUT2D eigenvalue weighted by Crippen LogP contribution is 2.25. The Labute approximate surface area is 120 Å². The third-order valence-corrected chi connectivity index (χ3v) is 4.00. The first-order valence-electron chi connectivity index (χ1n) is 5.36. The van der Waals surface area contributed by atoms with Crippen molar-refractivity contribution in [2.75, 3.05) is 10.5 Å². The number of hydrogen-bond acceptors (Lipinski definition) is 5. The van der Waals surface area contributed by atoms with Gasteiger partial charge in [-0.1, -0.05) is 11.6 Å². The molecule has 0 saturated heterocycles. The van der Waals surface area contributed by atoms with Crippen molar-refractivity contribution in [2.45, 2.75) is 4.90 Å². The molecule has 0 atom stereocenters. The number of aromatic nitrogens is 1. The van der Waals surface area contributed by atoms with Gasteiger partial charge in [0.2, 0.25) is 0 Å². The highest BCUT2D eigenvalue weighted by atomic mass is 35.5. The number of halogens is 1. The fourth-order valence-corrected chi connectivity index (χ4v) is 2.65. The molecule has 0 saturated carbocycles. The number of pyridine rings is 1. The lowest BCUT2D eigenvalue weighted by molar-refractivity contribution is 0.601. The monoisotopic (exact) mass is 308 g/mol. The molecular formula is C12H9ClN4O2S. The molecule has 0 fully saturated rings. The molecule has 20 heavy (non-hydrogen) atoms. The Balaban J connectivity index is 2.33. The molecule has 0 unspecified atom stereocenters. The van der Waals surface area contributed by atoms with Crippen LogP contribution in [0.25, 0.3) is 0 Å². The molecule has 102 valence electrons. The number of nitriles is 1. The highest BCUT2D eigenvalue weighted by Gasteiger charge is 2.16. The minimum absolute atomic E-state index is 0.0640. The first-order chi connectivity index (χ1) is 9.42. The van der Waals surface area contributed by atoms with E-state index < -0.39 is 10.0 Å². The molecule has 0 amide bonds. The molecular weight excluding hydrogens is 300 g/mol. The molecule has 1 aromatic carbocycles. The number of nitrogens with two attached hydrogens (primary N) is 1. The summed E-state index contributed by atoms with van der Waals surface area (Å²) in [6, 6.07) is 8.85. The van der Waals surface area contributed by atoms with Gasteiger partial charge in [-0.15, -0.1) is 0 Å². The summed E-state index contributed by atoms with van der Waals surface area (Å²) in [5.41, 5.74) is 6.25. The van der Waals surface area contributed by atoms with Gasteiger partial charge in [-0.05, 0) is 30.3 Å². The number of sulfonamides is 1. The first-order valence-corrected chi connectivity index (χ1v) is 7.22. The number of nitrogen functional groups attached to an aromatic ring is 1. The predicted octanol–water partition coefficient (Wildman–Crippen LogP) is 1.99. The molecule has 6 nitrogen and oxygen atoms in total.